The maximum atomic E-state index is 13.3. The lowest BCUT2D eigenvalue weighted by atomic mass is 10.2. The van der Waals surface area contributed by atoms with E-state index < -0.39 is 17.2 Å². The van der Waals surface area contributed by atoms with E-state index in [2.05, 4.69) is 4.98 Å². The summed E-state index contributed by atoms with van der Waals surface area (Å²) < 4.78 is 12.0. The number of ether oxygens (including phenoxy) is 2. The Morgan fingerprint density at radius 3 is 2.50 bits per heavy atom. The number of para-hydroxylation sites is 1. The molecule has 2 aromatic carbocycles. The third-order valence-corrected chi connectivity index (χ3v) is 5.32. The van der Waals surface area contributed by atoms with E-state index in [9.17, 15) is 14.4 Å². The molecule has 1 atom stereocenters. The lowest BCUT2D eigenvalue weighted by molar-refractivity contribution is -0.119. The molecule has 0 spiro atoms. The highest BCUT2D eigenvalue weighted by molar-refractivity contribution is 8.00. The van der Waals surface area contributed by atoms with Crippen LogP contribution in [0.4, 0.5) is 4.79 Å². The molecule has 0 saturated heterocycles. The number of imide groups is 1. The van der Waals surface area contributed by atoms with Crippen molar-refractivity contribution in [1.29, 1.82) is 0 Å². The second-order valence-electron chi connectivity index (χ2n) is 6.20. The van der Waals surface area contributed by atoms with Crippen LogP contribution < -0.4 is 26.1 Å². The van der Waals surface area contributed by atoms with Crippen molar-refractivity contribution in [2.45, 2.75) is 17.3 Å². The van der Waals surface area contributed by atoms with Gasteiger partial charge in [-0.25, -0.2) is 9.78 Å². The number of primary amides is 1. The number of nitrogens with two attached hydrogens (primary N) is 1. The molecule has 9 nitrogen and oxygen atoms in total. The van der Waals surface area contributed by atoms with Gasteiger partial charge in [0.2, 0.25) is 5.91 Å². The van der Waals surface area contributed by atoms with Crippen LogP contribution in [0.3, 0.4) is 0 Å². The number of urea groups is 1. The van der Waals surface area contributed by atoms with Gasteiger partial charge >= 0.3 is 6.03 Å². The van der Waals surface area contributed by atoms with Crippen LogP contribution >= 0.6 is 11.8 Å². The molecule has 0 bridgehead atoms. The van der Waals surface area contributed by atoms with Gasteiger partial charge in [0.25, 0.3) is 5.56 Å². The number of carbonyl (C=O) groups excluding carboxylic acids is 2. The molecule has 0 aliphatic heterocycles. The third-order valence-electron chi connectivity index (χ3n) is 4.27. The van der Waals surface area contributed by atoms with Gasteiger partial charge in [-0.1, -0.05) is 23.9 Å². The van der Waals surface area contributed by atoms with Crippen LogP contribution in [-0.2, 0) is 4.79 Å². The molecule has 1 heterocycles. The molecule has 1 aromatic heterocycles. The fourth-order valence-corrected chi connectivity index (χ4v) is 3.74. The minimum atomic E-state index is -0.948. The highest BCUT2D eigenvalue weighted by Crippen LogP contribution is 2.31. The van der Waals surface area contributed by atoms with Crippen LogP contribution in [0.25, 0.3) is 16.6 Å². The maximum Gasteiger partial charge on any atom is 0.318 e. The second-order valence-corrected chi connectivity index (χ2v) is 7.51. The normalized spacial score (nSPS) is 11.7. The molecule has 30 heavy (non-hydrogen) atoms. The number of benzene rings is 2. The molecule has 3 aromatic rings. The van der Waals surface area contributed by atoms with Gasteiger partial charge in [0.1, 0.15) is 0 Å². The zero-order valence-electron chi connectivity index (χ0n) is 16.5. The number of methoxy groups -OCH3 is 2. The molecule has 0 saturated carbocycles. The summed E-state index contributed by atoms with van der Waals surface area (Å²) in [6.07, 6.45) is 0. The van der Waals surface area contributed by atoms with E-state index in [1.54, 1.807) is 49.4 Å². The first-order valence-electron chi connectivity index (χ1n) is 8.87. The van der Waals surface area contributed by atoms with E-state index >= 15 is 0 Å². The van der Waals surface area contributed by atoms with E-state index in [-0.39, 0.29) is 10.7 Å². The summed E-state index contributed by atoms with van der Waals surface area (Å²) in [5.41, 5.74) is 5.70. The summed E-state index contributed by atoms with van der Waals surface area (Å²) >= 11 is 1.03. The first-order chi connectivity index (χ1) is 14.3. The summed E-state index contributed by atoms with van der Waals surface area (Å²) in [7, 11) is 3.01. The van der Waals surface area contributed by atoms with Gasteiger partial charge in [0.05, 0.1) is 36.1 Å². The predicted molar refractivity (Wildman–Crippen MR) is 113 cm³/mol. The first-order valence-corrected chi connectivity index (χ1v) is 9.74. The Labute approximate surface area is 176 Å². The van der Waals surface area contributed by atoms with Crippen molar-refractivity contribution in [1.82, 2.24) is 14.9 Å². The standard InChI is InChI=1S/C20H20N4O5S/c1-11(17(25)23-19(21)27)30-20-22-14-7-5-4-6-13(14)18(26)24(20)12-8-9-15(28-2)16(10-12)29-3/h4-11H,1-3H3,(H3,21,23,25,27)/t11-/m0/s1. The van der Waals surface area contributed by atoms with E-state index in [1.165, 1.54) is 18.8 Å². The van der Waals surface area contributed by atoms with Crippen LogP contribution in [0.2, 0.25) is 0 Å². The lowest BCUT2D eigenvalue weighted by Crippen LogP contribution is -2.39. The molecule has 0 fully saturated rings. The minimum Gasteiger partial charge on any atom is -0.493 e. The molecule has 3 rings (SSSR count). The Balaban J connectivity index is 2.18. The number of nitrogens with one attached hydrogen (secondary N) is 1. The fourth-order valence-electron chi connectivity index (χ4n) is 2.82. The zero-order valence-corrected chi connectivity index (χ0v) is 17.4. The quantitative estimate of drug-likeness (QED) is 0.455. The van der Waals surface area contributed by atoms with Gasteiger partial charge in [-0.05, 0) is 31.2 Å². The zero-order chi connectivity index (χ0) is 21.8. The van der Waals surface area contributed by atoms with Crippen molar-refractivity contribution in [3.05, 3.63) is 52.8 Å². The van der Waals surface area contributed by atoms with Crippen molar-refractivity contribution >= 4 is 34.6 Å². The fraction of sp³-hybridized carbons (Fsp3) is 0.200. The van der Waals surface area contributed by atoms with Gasteiger partial charge in [-0.15, -0.1) is 0 Å². The van der Waals surface area contributed by atoms with Crippen LogP contribution in [0.5, 0.6) is 11.5 Å². The summed E-state index contributed by atoms with van der Waals surface area (Å²) in [4.78, 5) is 41.0. The molecule has 10 heteroatoms. The molecular weight excluding hydrogens is 408 g/mol. The van der Waals surface area contributed by atoms with Crippen molar-refractivity contribution in [2.75, 3.05) is 14.2 Å². The van der Waals surface area contributed by atoms with Crippen molar-refractivity contribution in [3.63, 3.8) is 0 Å². The average molecular weight is 428 g/mol. The molecule has 3 N–H and O–H groups in total. The number of fused-ring (bicyclic) bond motifs is 1. The number of hydrogen-bond donors (Lipinski definition) is 2. The first kappa shape index (κ1) is 21.2. The minimum absolute atomic E-state index is 0.276. The smallest absolute Gasteiger partial charge is 0.318 e. The molecule has 0 aliphatic rings. The van der Waals surface area contributed by atoms with E-state index in [0.717, 1.165) is 11.8 Å². The molecule has 156 valence electrons. The summed E-state index contributed by atoms with van der Waals surface area (Å²) in [5, 5.41) is 1.99. The Morgan fingerprint density at radius 1 is 1.13 bits per heavy atom. The SMILES string of the molecule is COc1ccc(-n2c(S[C@@H](C)C(=O)NC(N)=O)nc3ccccc3c2=O)cc1OC. The van der Waals surface area contributed by atoms with Crippen LogP contribution in [0.1, 0.15) is 6.92 Å². The number of nitrogens with zero attached hydrogens (tertiary/aromatic N) is 2. The summed E-state index contributed by atoms with van der Waals surface area (Å²) in [6, 6.07) is 11.0. The van der Waals surface area contributed by atoms with Crippen LogP contribution in [-0.4, -0.2) is 41.0 Å². The van der Waals surface area contributed by atoms with Crippen molar-refractivity contribution < 1.29 is 19.1 Å². The van der Waals surface area contributed by atoms with Crippen molar-refractivity contribution in [3.8, 4) is 17.2 Å². The Morgan fingerprint density at radius 2 is 1.83 bits per heavy atom. The predicted octanol–water partition coefficient (Wildman–Crippen LogP) is 2.08. The number of aromatic nitrogens is 2. The van der Waals surface area contributed by atoms with Crippen molar-refractivity contribution in [2.24, 2.45) is 5.73 Å². The van der Waals surface area contributed by atoms with E-state index in [1.807, 2.05) is 5.32 Å². The Kier molecular flexibility index (Phi) is 6.26. The van der Waals surface area contributed by atoms with Gasteiger partial charge < -0.3 is 15.2 Å². The highest BCUT2D eigenvalue weighted by atomic mass is 32.2. The summed E-state index contributed by atoms with van der Waals surface area (Å²) in [5.74, 6) is 0.353. The lowest BCUT2D eigenvalue weighted by Gasteiger charge is -2.17. The Bertz CT molecular complexity index is 1180. The monoisotopic (exact) mass is 428 g/mol. The molecule has 0 aliphatic carbocycles. The molecular formula is C20H20N4O5S. The van der Waals surface area contributed by atoms with Gasteiger partial charge in [0, 0.05) is 6.07 Å². The number of hydrogen-bond acceptors (Lipinski definition) is 7. The second kappa shape index (κ2) is 8.87. The number of thioether (sulfide) groups is 1. The topological polar surface area (TPSA) is 126 Å². The third kappa shape index (κ3) is 4.23. The number of amides is 3. The molecule has 3 amide bonds. The van der Waals surface area contributed by atoms with Crippen LogP contribution in [0, 0.1) is 0 Å². The molecule has 0 radical (unpaired) electrons. The largest absolute Gasteiger partial charge is 0.493 e. The number of carbonyl (C=O) groups is 2. The van der Waals surface area contributed by atoms with Crippen LogP contribution in [0.15, 0.2) is 52.4 Å². The highest BCUT2D eigenvalue weighted by Gasteiger charge is 2.21. The van der Waals surface area contributed by atoms with E-state index in [4.69, 9.17) is 15.2 Å². The Hall–Kier alpha value is -3.53. The summed E-state index contributed by atoms with van der Waals surface area (Å²) in [6.45, 7) is 1.59. The van der Waals surface area contributed by atoms with Gasteiger partial charge in [-0.3, -0.25) is 19.5 Å². The van der Waals surface area contributed by atoms with Gasteiger partial charge in [0.15, 0.2) is 16.7 Å². The average Bonchev–Trinajstić information content (AvgIpc) is 2.73. The van der Waals surface area contributed by atoms with E-state index in [0.29, 0.717) is 28.1 Å². The van der Waals surface area contributed by atoms with Gasteiger partial charge in [-0.2, -0.15) is 0 Å². The molecule has 0 unspecified atom stereocenters. The maximum absolute atomic E-state index is 13.3. The number of rotatable bonds is 6.